The second-order valence-electron chi connectivity index (χ2n) is 3.98. The molecule has 0 unspecified atom stereocenters. The van der Waals surface area contributed by atoms with E-state index in [-0.39, 0.29) is 5.56 Å². The summed E-state index contributed by atoms with van der Waals surface area (Å²) in [4.78, 5) is 1.74. The Morgan fingerprint density at radius 1 is 1.11 bits per heavy atom. The monoisotopic (exact) mass is 256 g/mol. The largest absolute Gasteiger partial charge is 0.495 e. The van der Waals surface area contributed by atoms with E-state index < -0.39 is 5.82 Å². The van der Waals surface area contributed by atoms with Gasteiger partial charge in [-0.25, -0.2) is 4.39 Å². The van der Waals surface area contributed by atoms with Crippen LogP contribution in [0.25, 0.3) is 0 Å². The van der Waals surface area contributed by atoms with E-state index in [1.807, 2.05) is 30.3 Å². The molecular formula is C15H13FN2O. The summed E-state index contributed by atoms with van der Waals surface area (Å²) < 4.78 is 18.9. The van der Waals surface area contributed by atoms with Crippen LogP contribution in [-0.4, -0.2) is 14.2 Å². The molecule has 0 N–H and O–H groups in total. The molecule has 3 nitrogen and oxygen atoms in total. The molecule has 2 aromatic rings. The van der Waals surface area contributed by atoms with Gasteiger partial charge in [-0.2, -0.15) is 5.26 Å². The van der Waals surface area contributed by atoms with Gasteiger partial charge in [-0.1, -0.05) is 18.2 Å². The minimum atomic E-state index is -0.526. The number of hydrogen-bond acceptors (Lipinski definition) is 3. The molecule has 0 aliphatic heterocycles. The van der Waals surface area contributed by atoms with Crippen molar-refractivity contribution in [2.45, 2.75) is 0 Å². The van der Waals surface area contributed by atoms with Crippen molar-refractivity contribution in [3.63, 3.8) is 0 Å². The number of rotatable bonds is 3. The Morgan fingerprint density at radius 2 is 1.79 bits per heavy atom. The van der Waals surface area contributed by atoms with Crippen molar-refractivity contribution in [2.75, 3.05) is 19.1 Å². The normalized spacial score (nSPS) is 9.79. The highest BCUT2D eigenvalue weighted by molar-refractivity contribution is 5.72. The Kier molecular flexibility index (Phi) is 3.67. The number of hydrogen-bond donors (Lipinski definition) is 0. The maximum atomic E-state index is 13.6. The zero-order chi connectivity index (χ0) is 13.8. The molecule has 0 saturated carbocycles. The van der Waals surface area contributed by atoms with Crippen LogP contribution >= 0.6 is 0 Å². The van der Waals surface area contributed by atoms with Crippen molar-refractivity contribution >= 4 is 11.4 Å². The number of methoxy groups -OCH3 is 1. The lowest BCUT2D eigenvalue weighted by Crippen LogP contribution is -2.12. The molecule has 0 atom stereocenters. The molecule has 0 fully saturated rings. The van der Waals surface area contributed by atoms with E-state index in [1.165, 1.54) is 6.07 Å². The highest BCUT2D eigenvalue weighted by atomic mass is 19.1. The predicted molar refractivity (Wildman–Crippen MR) is 72.2 cm³/mol. The molecule has 0 heterocycles. The Balaban J connectivity index is 2.54. The minimum absolute atomic E-state index is 0.0240. The predicted octanol–water partition coefficient (Wildman–Crippen LogP) is 3.47. The second-order valence-corrected chi connectivity index (χ2v) is 3.98. The fourth-order valence-electron chi connectivity index (χ4n) is 1.94. The molecule has 0 spiro atoms. The van der Waals surface area contributed by atoms with Gasteiger partial charge in [0.05, 0.1) is 18.5 Å². The molecule has 4 heteroatoms. The third-order valence-electron chi connectivity index (χ3n) is 2.91. The minimum Gasteiger partial charge on any atom is -0.495 e. The van der Waals surface area contributed by atoms with Crippen molar-refractivity contribution in [1.82, 2.24) is 0 Å². The van der Waals surface area contributed by atoms with Crippen molar-refractivity contribution in [3.8, 4) is 11.8 Å². The molecule has 0 radical (unpaired) electrons. The first-order chi connectivity index (χ1) is 9.19. The van der Waals surface area contributed by atoms with Crippen LogP contribution < -0.4 is 9.64 Å². The van der Waals surface area contributed by atoms with Crippen LogP contribution in [0.5, 0.6) is 5.75 Å². The third kappa shape index (κ3) is 2.36. The van der Waals surface area contributed by atoms with Crippen LogP contribution in [0, 0.1) is 17.1 Å². The Hall–Kier alpha value is -2.54. The molecule has 0 saturated heterocycles. The van der Waals surface area contributed by atoms with Crippen molar-refractivity contribution in [3.05, 3.63) is 53.8 Å². The van der Waals surface area contributed by atoms with Crippen molar-refractivity contribution in [1.29, 1.82) is 5.26 Å². The lowest BCUT2D eigenvalue weighted by Gasteiger charge is -2.22. The summed E-state index contributed by atoms with van der Waals surface area (Å²) >= 11 is 0. The van der Waals surface area contributed by atoms with Crippen LogP contribution in [0.4, 0.5) is 15.8 Å². The Bertz CT molecular complexity index is 634. The zero-order valence-corrected chi connectivity index (χ0v) is 10.7. The molecule has 0 aromatic heterocycles. The van der Waals surface area contributed by atoms with Gasteiger partial charge in [0.1, 0.15) is 23.2 Å². The average molecular weight is 256 g/mol. The summed E-state index contributed by atoms with van der Waals surface area (Å²) in [6, 6.07) is 13.8. The number of para-hydroxylation sites is 2. The van der Waals surface area contributed by atoms with E-state index in [0.29, 0.717) is 11.4 Å². The van der Waals surface area contributed by atoms with Gasteiger partial charge in [0.2, 0.25) is 0 Å². The number of halogens is 1. The van der Waals surface area contributed by atoms with Crippen LogP contribution in [0.15, 0.2) is 42.5 Å². The van der Waals surface area contributed by atoms with E-state index in [4.69, 9.17) is 10.00 Å². The smallest absolute Gasteiger partial charge is 0.143 e. The first kappa shape index (κ1) is 12.9. The van der Waals surface area contributed by atoms with E-state index in [2.05, 4.69) is 0 Å². The standard InChI is InChI=1S/C15H13FN2O/c1-18(14-7-3-4-9-15(14)19-2)13-8-5-6-12(16)11(13)10-17/h3-9H,1-2H3. The third-order valence-corrected chi connectivity index (χ3v) is 2.91. The van der Waals surface area contributed by atoms with E-state index >= 15 is 0 Å². The van der Waals surface area contributed by atoms with E-state index in [9.17, 15) is 4.39 Å². The van der Waals surface area contributed by atoms with Gasteiger partial charge in [-0.05, 0) is 24.3 Å². The van der Waals surface area contributed by atoms with Crippen molar-refractivity contribution in [2.24, 2.45) is 0 Å². The molecule has 0 aliphatic rings. The summed E-state index contributed by atoms with van der Waals surface area (Å²) in [5.41, 5.74) is 1.30. The van der Waals surface area contributed by atoms with Crippen LogP contribution in [0.3, 0.4) is 0 Å². The maximum Gasteiger partial charge on any atom is 0.143 e. The number of nitriles is 1. The highest BCUT2D eigenvalue weighted by Gasteiger charge is 2.15. The summed E-state index contributed by atoms with van der Waals surface area (Å²) in [6.07, 6.45) is 0. The van der Waals surface area contributed by atoms with Gasteiger partial charge in [0.15, 0.2) is 0 Å². The Morgan fingerprint density at radius 3 is 2.47 bits per heavy atom. The molecule has 19 heavy (non-hydrogen) atoms. The second kappa shape index (κ2) is 5.40. The molecule has 2 aromatic carbocycles. The van der Waals surface area contributed by atoms with Crippen molar-refractivity contribution < 1.29 is 9.13 Å². The lowest BCUT2D eigenvalue weighted by atomic mass is 10.1. The first-order valence-corrected chi connectivity index (χ1v) is 5.74. The van der Waals surface area contributed by atoms with Gasteiger partial charge in [-0.15, -0.1) is 0 Å². The molecule has 96 valence electrons. The quantitative estimate of drug-likeness (QED) is 0.843. The van der Waals surface area contributed by atoms with E-state index in [0.717, 1.165) is 5.69 Å². The van der Waals surface area contributed by atoms with E-state index in [1.54, 1.807) is 31.2 Å². The topological polar surface area (TPSA) is 36.3 Å². The van der Waals surface area contributed by atoms with Gasteiger partial charge in [0.25, 0.3) is 0 Å². The Labute approximate surface area is 111 Å². The average Bonchev–Trinajstić information content (AvgIpc) is 2.46. The number of anilines is 2. The summed E-state index contributed by atoms with van der Waals surface area (Å²) in [5.74, 6) is 0.139. The van der Waals surface area contributed by atoms with Gasteiger partial charge in [0, 0.05) is 7.05 Å². The molecule has 0 amide bonds. The zero-order valence-electron chi connectivity index (χ0n) is 10.7. The maximum absolute atomic E-state index is 13.6. The van der Waals surface area contributed by atoms with Crippen LogP contribution in [0.2, 0.25) is 0 Å². The first-order valence-electron chi connectivity index (χ1n) is 5.74. The molecular weight excluding hydrogens is 243 g/mol. The summed E-state index contributed by atoms with van der Waals surface area (Å²) in [6.45, 7) is 0. The molecule has 0 aliphatic carbocycles. The van der Waals surface area contributed by atoms with Gasteiger partial charge in [-0.3, -0.25) is 0 Å². The summed E-state index contributed by atoms with van der Waals surface area (Å²) in [7, 11) is 3.34. The van der Waals surface area contributed by atoms with Crippen LogP contribution in [-0.2, 0) is 0 Å². The number of benzene rings is 2. The number of nitrogens with zero attached hydrogens (tertiary/aromatic N) is 2. The fourth-order valence-corrected chi connectivity index (χ4v) is 1.94. The van der Waals surface area contributed by atoms with Gasteiger partial charge < -0.3 is 9.64 Å². The van der Waals surface area contributed by atoms with Crippen LogP contribution in [0.1, 0.15) is 5.56 Å². The molecule has 0 bridgehead atoms. The van der Waals surface area contributed by atoms with Gasteiger partial charge >= 0.3 is 0 Å². The lowest BCUT2D eigenvalue weighted by molar-refractivity contribution is 0.415. The molecule has 2 rings (SSSR count). The highest BCUT2D eigenvalue weighted by Crippen LogP contribution is 2.34. The fraction of sp³-hybridized carbons (Fsp3) is 0.133. The number of ether oxygens (including phenoxy) is 1. The summed E-state index contributed by atoms with van der Waals surface area (Å²) in [5, 5.41) is 9.07. The SMILES string of the molecule is COc1ccccc1N(C)c1cccc(F)c1C#N.